The van der Waals surface area contributed by atoms with Crippen molar-refractivity contribution >= 4 is 28.9 Å². The standard InChI is InChI=1S/C13H9ClO2S/c1-16-13(15)11-9-4-5-17-12(9)8-3-2-7(14)6-10(8)11/h2-6,11H,1H3. The van der Waals surface area contributed by atoms with E-state index in [9.17, 15) is 4.79 Å². The number of carbonyl (C=O) groups excluding carboxylic acids is 1. The second kappa shape index (κ2) is 3.86. The number of rotatable bonds is 1. The highest BCUT2D eigenvalue weighted by atomic mass is 35.5. The molecule has 86 valence electrons. The summed E-state index contributed by atoms with van der Waals surface area (Å²) in [5.41, 5.74) is 3.07. The molecule has 0 fully saturated rings. The average molecular weight is 265 g/mol. The number of halogens is 1. The van der Waals surface area contributed by atoms with Crippen molar-refractivity contribution in [3.63, 3.8) is 0 Å². The fourth-order valence-corrected chi connectivity index (χ4v) is 3.45. The van der Waals surface area contributed by atoms with Crippen LogP contribution in [-0.4, -0.2) is 13.1 Å². The molecule has 0 radical (unpaired) electrons. The van der Waals surface area contributed by atoms with Crippen molar-refractivity contribution in [1.29, 1.82) is 0 Å². The van der Waals surface area contributed by atoms with E-state index in [1.165, 1.54) is 7.11 Å². The van der Waals surface area contributed by atoms with E-state index in [2.05, 4.69) is 0 Å². The maximum atomic E-state index is 11.9. The summed E-state index contributed by atoms with van der Waals surface area (Å²) in [5.74, 6) is -0.555. The van der Waals surface area contributed by atoms with E-state index in [0.29, 0.717) is 5.02 Å². The van der Waals surface area contributed by atoms with Gasteiger partial charge in [0.05, 0.1) is 7.11 Å². The minimum atomic E-state index is -0.324. The van der Waals surface area contributed by atoms with Gasteiger partial charge in [-0.3, -0.25) is 4.79 Å². The molecule has 4 heteroatoms. The first kappa shape index (κ1) is 10.8. The van der Waals surface area contributed by atoms with Crippen molar-refractivity contribution in [3.8, 4) is 10.4 Å². The van der Waals surface area contributed by atoms with Crippen molar-refractivity contribution in [3.05, 3.63) is 45.8 Å². The second-order valence-corrected chi connectivity index (χ2v) is 5.25. The van der Waals surface area contributed by atoms with Crippen molar-refractivity contribution in [2.24, 2.45) is 0 Å². The molecule has 0 bridgehead atoms. The summed E-state index contributed by atoms with van der Waals surface area (Å²) in [5, 5.41) is 2.64. The Morgan fingerprint density at radius 3 is 2.94 bits per heavy atom. The predicted octanol–water partition coefficient (Wildman–Crippen LogP) is 3.69. The van der Waals surface area contributed by atoms with Gasteiger partial charge < -0.3 is 4.74 Å². The van der Waals surface area contributed by atoms with Crippen LogP contribution in [0.2, 0.25) is 5.02 Å². The minimum Gasteiger partial charge on any atom is -0.468 e. The number of hydrogen-bond donors (Lipinski definition) is 0. The molecule has 0 saturated carbocycles. The third-order valence-electron chi connectivity index (χ3n) is 3.01. The Hall–Kier alpha value is -1.32. The van der Waals surface area contributed by atoms with Crippen LogP contribution in [-0.2, 0) is 9.53 Å². The lowest BCUT2D eigenvalue weighted by atomic mass is 9.98. The van der Waals surface area contributed by atoms with Gasteiger partial charge >= 0.3 is 5.97 Å². The number of benzene rings is 1. The fourth-order valence-electron chi connectivity index (χ4n) is 2.28. The molecule has 2 aromatic rings. The lowest BCUT2D eigenvalue weighted by Crippen LogP contribution is -2.12. The number of carbonyl (C=O) groups is 1. The first-order valence-corrected chi connectivity index (χ1v) is 6.43. The van der Waals surface area contributed by atoms with E-state index in [4.69, 9.17) is 16.3 Å². The average Bonchev–Trinajstić information content (AvgIpc) is 2.87. The molecule has 1 aromatic heterocycles. The minimum absolute atomic E-state index is 0.231. The third kappa shape index (κ3) is 1.50. The Morgan fingerprint density at radius 1 is 1.35 bits per heavy atom. The van der Waals surface area contributed by atoms with Gasteiger partial charge in [0, 0.05) is 9.90 Å². The smallest absolute Gasteiger partial charge is 0.317 e. The second-order valence-electron chi connectivity index (χ2n) is 3.89. The van der Waals surface area contributed by atoms with E-state index in [1.807, 2.05) is 29.6 Å². The van der Waals surface area contributed by atoms with E-state index in [0.717, 1.165) is 21.6 Å². The Bertz CT molecular complexity index is 603. The van der Waals surface area contributed by atoms with Gasteiger partial charge in [0.15, 0.2) is 0 Å². The molecule has 0 amide bonds. The molecule has 2 nitrogen and oxygen atoms in total. The van der Waals surface area contributed by atoms with E-state index in [-0.39, 0.29) is 11.9 Å². The summed E-state index contributed by atoms with van der Waals surface area (Å²) in [7, 11) is 1.41. The topological polar surface area (TPSA) is 26.3 Å². The molecule has 1 aliphatic carbocycles. The molecule has 1 unspecified atom stereocenters. The van der Waals surface area contributed by atoms with Crippen molar-refractivity contribution in [2.75, 3.05) is 7.11 Å². The molecule has 0 aliphatic heterocycles. The van der Waals surface area contributed by atoms with Crippen molar-refractivity contribution in [1.82, 2.24) is 0 Å². The maximum absolute atomic E-state index is 11.9. The lowest BCUT2D eigenvalue weighted by Gasteiger charge is -2.10. The van der Waals surface area contributed by atoms with Gasteiger partial charge in [-0.1, -0.05) is 17.7 Å². The van der Waals surface area contributed by atoms with E-state index >= 15 is 0 Å². The molecule has 1 aliphatic rings. The SMILES string of the molecule is COC(=O)C1c2cc(Cl)ccc2-c2sccc21. The van der Waals surface area contributed by atoms with Gasteiger partial charge in [-0.25, -0.2) is 0 Å². The molecule has 0 spiro atoms. The summed E-state index contributed by atoms with van der Waals surface area (Å²) in [4.78, 5) is 13.0. The zero-order valence-corrected chi connectivity index (χ0v) is 10.6. The van der Waals surface area contributed by atoms with Crippen molar-refractivity contribution < 1.29 is 9.53 Å². The van der Waals surface area contributed by atoms with Gasteiger partial charge in [-0.05, 0) is 40.3 Å². The highest BCUT2D eigenvalue weighted by molar-refractivity contribution is 7.14. The Balaban J connectivity index is 2.25. The van der Waals surface area contributed by atoms with Crippen LogP contribution < -0.4 is 0 Å². The number of fused-ring (bicyclic) bond motifs is 3. The van der Waals surface area contributed by atoms with Crippen LogP contribution in [0.25, 0.3) is 10.4 Å². The van der Waals surface area contributed by atoms with Gasteiger partial charge in [-0.2, -0.15) is 0 Å². The quantitative estimate of drug-likeness (QED) is 0.735. The third-order valence-corrected chi connectivity index (χ3v) is 4.21. The van der Waals surface area contributed by atoms with Crippen LogP contribution in [0, 0.1) is 0 Å². The van der Waals surface area contributed by atoms with Crippen LogP contribution in [0.1, 0.15) is 17.0 Å². The zero-order chi connectivity index (χ0) is 12.0. The van der Waals surface area contributed by atoms with Gasteiger partial charge in [0.25, 0.3) is 0 Å². The summed E-state index contributed by atoms with van der Waals surface area (Å²) in [6.45, 7) is 0. The number of ether oxygens (including phenoxy) is 1. The highest BCUT2D eigenvalue weighted by Crippen LogP contribution is 2.48. The molecule has 0 saturated heterocycles. The molecule has 0 N–H and O–H groups in total. The largest absolute Gasteiger partial charge is 0.468 e. The predicted molar refractivity (Wildman–Crippen MR) is 68.6 cm³/mol. The van der Waals surface area contributed by atoms with Crippen LogP contribution in [0.4, 0.5) is 0 Å². The normalized spacial score (nSPS) is 16.5. The maximum Gasteiger partial charge on any atom is 0.317 e. The molecule has 1 atom stereocenters. The first-order valence-electron chi connectivity index (χ1n) is 5.17. The lowest BCUT2D eigenvalue weighted by molar-refractivity contribution is -0.141. The molecule has 1 aromatic carbocycles. The first-order chi connectivity index (χ1) is 8.22. The van der Waals surface area contributed by atoms with E-state index in [1.54, 1.807) is 11.3 Å². The molecule has 3 rings (SSSR count). The molecule has 17 heavy (non-hydrogen) atoms. The Morgan fingerprint density at radius 2 is 2.18 bits per heavy atom. The molecular weight excluding hydrogens is 256 g/mol. The Kier molecular flexibility index (Phi) is 2.45. The monoisotopic (exact) mass is 264 g/mol. The van der Waals surface area contributed by atoms with Gasteiger partial charge in [0.2, 0.25) is 0 Å². The van der Waals surface area contributed by atoms with Crippen molar-refractivity contribution in [2.45, 2.75) is 5.92 Å². The highest BCUT2D eigenvalue weighted by Gasteiger charge is 2.35. The molecular formula is C13H9ClO2S. The van der Waals surface area contributed by atoms with Gasteiger partial charge in [0.1, 0.15) is 5.92 Å². The van der Waals surface area contributed by atoms with Crippen LogP contribution in [0.5, 0.6) is 0 Å². The zero-order valence-electron chi connectivity index (χ0n) is 9.07. The van der Waals surface area contributed by atoms with Crippen LogP contribution in [0.15, 0.2) is 29.6 Å². The summed E-state index contributed by atoms with van der Waals surface area (Å²) in [6.07, 6.45) is 0. The number of esters is 1. The number of methoxy groups -OCH3 is 1. The number of thiophene rings is 1. The summed E-state index contributed by atoms with van der Waals surface area (Å²) >= 11 is 7.64. The fraction of sp³-hybridized carbons (Fsp3) is 0.154. The molecule has 1 heterocycles. The van der Waals surface area contributed by atoms with Crippen LogP contribution in [0.3, 0.4) is 0 Å². The van der Waals surface area contributed by atoms with E-state index < -0.39 is 0 Å². The summed E-state index contributed by atoms with van der Waals surface area (Å²) < 4.78 is 4.88. The number of hydrogen-bond acceptors (Lipinski definition) is 3. The van der Waals surface area contributed by atoms with Crippen LogP contribution >= 0.6 is 22.9 Å². The van der Waals surface area contributed by atoms with Gasteiger partial charge in [-0.15, -0.1) is 11.3 Å². The Labute approximate surface area is 108 Å². The summed E-state index contributed by atoms with van der Waals surface area (Å²) in [6, 6.07) is 7.65.